The molecule has 1 unspecified atom stereocenters. The van der Waals surface area contributed by atoms with Crippen molar-refractivity contribution in [2.75, 3.05) is 23.8 Å². The number of fused-ring (bicyclic) bond motifs is 2. The van der Waals surface area contributed by atoms with Gasteiger partial charge in [0.25, 0.3) is 0 Å². The zero-order valence-corrected chi connectivity index (χ0v) is 11.7. The van der Waals surface area contributed by atoms with Gasteiger partial charge in [0.1, 0.15) is 12.4 Å². The van der Waals surface area contributed by atoms with Gasteiger partial charge in [0.2, 0.25) is 5.91 Å². The van der Waals surface area contributed by atoms with Gasteiger partial charge >= 0.3 is 0 Å². The molecular formula is C14H16N6O. The highest BCUT2D eigenvalue weighted by atomic mass is 16.2. The standard InChI is InChI=1S/C14H16N6O/c1-15-13-10-3-2-9(6-11(10)17-14(13)21)19-4-5-20-8-16-18-12(20)7-19/h2-3,6,8,13,15H,4-5,7H2,1H3,(H,17,21). The summed E-state index contributed by atoms with van der Waals surface area (Å²) in [4.78, 5) is 14.1. The second-order valence-electron chi connectivity index (χ2n) is 5.34. The summed E-state index contributed by atoms with van der Waals surface area (Å²) in [6.45, 7) is 2.53. The van der Waals surface area contributed by atoms with Gasteiger partial charge in [0.15, 0.2) is 5.82 Å². The third-order valence-electron chi connectivity index (χ3n) is 4.16. The summed E-state index contributed by atoms with van der Waals surface area (Å²) >= 11 is 0. The number of carbonyl (C=O) groups is 1. The second kappa shape index (κ2) is 4.56. The second-order valence-corrected chi connectivity index (χ2v) is 5.34. The van der Waals surface area contributed by atoms with Crippen LogP contribution in [0.4, 0.5) is 11.4 Å². The van der Waals surface area contributed by atoms with E-state index < -0.39 is 0 Å². The lowest BCUT2D eigenvalue weighted by Crippen LogP contribution is -2.33. The smallest absolute Gasteiger partial charge is 0.246 e. The van der Waals surface area contributed by atoms with Gasteiger partial charge in [-0.3, -0.25) is 4.79 Å². The average molecular weight is 284 g/mol. The van der Waals surface area contributed by atoms with Crippen molar-refractivity contribution in [1.29, 1.82) is 0 Å². The Morgan fingerprint density at radius 2 is 2.29 bits per heavy atom. The molecule has 2 aliphatic rings. The van der Waals surface area contributed by atoms with Crippen LogP contribution in [0.25, 0.3) is 0 Å². The molecule has 0 fully saturated rings. The fourth-order valence-corrected chi connectivity index (χ4v) is 3.02. The highest BCUT2D eigenvalue weighted by molar-refractivity contribution is 6.03. The van der Waals surface area contributed by atoms with Crippen molar-refractivity contribution in [3.05, 3.63) is 35.9 Å². The number of nitrogens with zero attached hydrogens (tertiary/aromatic N) is 4. The zero-order valence-electron chi connectivity index (χ0n) is 11.7. The molecule has 4 rings (SSSR count). The minimum Gasteiger partial charge on any atom is -0.362 e. The van der Waals surface area contributed by atoms with Crippen molar-refractivity contribution in [2.24, 2.45) is 0 Å². The number of hydrogen-bond donors (Lipinski definition) is 2. The van der Waals surface area contributed by atoms with Crippen molar-refractivity contribution in [3.8, 4) is 0 Å². The van der Waals surface area contributed by atoms with E-state index in [0.717, 1.165) is 42.4 Å². The number of benzene rings is 1. The summed E-state index contributed by atoms with van der Waals surface area (Å²) in [7, 11) is 1.80. The molecule has 21 heavy (non-hydrogen) atoms. The molecule has 2 N–H and O–H groups in total. The van der Waals surface area contributed by atoms with Crippen LogP contribution in [-0.4, -0.2) is 34.3 Å². The van der Waals surface area contributed by atoms with Crippen molar-refractivity contribution in [2.45, 2.75) is 19.1 Å². The first kappa shape index (κ1) is 12.3. The van der Waals surface area contributed by atoms with Crippen molar-refractivity contribution < 1.29 is 4.79 Å². The van der Waals surface area contributed by atoms with Gasteiger partial charge < -0.3 is 20.1 Å². The predicted molar refractivity (Wildman–Crippen MR) is 77.9 cm³/mol. The minimum atomic E-state index is -0.251. The van der Waals surface area contributed by atoms with Crippen LogP contribution in [0, 0.1) is 0 Å². The fourth-order valence-electron chi connectivity index (χ4n) is 3.02. The van der Waals surface area contributed by atoms with Gasteiger partial charge in [0.05, 0.1) is 6.54 Å². The van der Waals surface area contributed by atoms with Crippen LogP contribution in [0.5, 0.6) is 0 Å². The molecule has 3 heterocycles. The topological polar surface area (TPSA) is 75.1 Å². The van der Waals surface area contributed by atoms with Crippen molar-refractivity contribution in [1.82, 2.24) is 20.1 Å². The lowest BCUT2D eigenvalue weighted by molar-refractivity contribution is -0.117. The van der Waals surface area contributed by atoms with E-state index in [9.17, 15) is 4.79 Å². The van der Waals surface area contributed by atoms with E-state index in [1.807, 2.05) is 12.1 Å². The quantitative estimate of drug-likeness (QED) is 0.840. The average Bonchev–Trinajstić information content (AvgIpc) is 3.08. The number of carbonyl (C=O) groups excluding carboxylic acids is 1. The maximum Gasteiger partial charge on any atom is 0.246 e. The van der Waals surface area contributed by atoms with Crippen LogP contribution < -0.4 is 15.5 Å². The lowest BCUT2D eigenvalue weighted by Gasteiger charge is -2.29. The summed E-state index contributed by atoms with van der Waals surface area (Å²) in [5.74, 6) is 0.974. The fraction of sp³-hybridized carbons (Fsp3) is 0.357. The summed E-state index contributed by atoms with van der Waals surface area (Å²) in [5, 5.41) is 14.0. The first-order chi connectivity index (χ1) is 10.3. The maximum absolute atomic E-state index is 11.9. The van der Waals surface area contributed by atoms with E-state index in [1.54, 1.807) is 13.4 Å². The SMILES string of the molecule is CNC1C(=O)Nc2cc(N3CCn4cnnc4C3)ccc21. The summed E-state index contributed by atoms with van der Waals surface area (Å²) < 4.78 is 2.07. The molecule has 7 nitrogen and oxygen atoms in total. The van der Waals surface area contributed by atoms with Gasteiger partial charge in [-0.2, -0.15) is 0 Å². The van der Waals surface area contributed by atoms with Crippen LogP contribution >= 0.6 is 0 Å². The normalized spacial score (nSPS) is 20.1. The Balaban J connectivity index is 1.64. The Kier molecular flexibility index (Phi) is 2.68. The van der Waals surface area contributed by atoms with E-state index in [-0.39, 0.29) is 11.9 Å². The molecule has 1 aromatic heterocycles. The Morgan fingerprint density at radius 3 is 3.14 bits per heavy atom. The van der Waals surface area contributed by atoms with E-state index in [4.69, 9.17) is 0 Å². The van der Waals surface area contributed by atoms with Gasteiger partial charge in [-0.05, 0) is 19.2 Å². The number of rotatable bonds is 2. The van der Waals surface area contributed by atoms with Gasteiger partial charge in [-0.25, -0.2) is 0 Å². The van der Waals surface area contributed by atoms with Gasteiger partial charge in [0, 0.05) is 30.0 Å². The number of hydrogen-bond acceptors (Lipinski definition) is 5. The van der Waals surface area contributed by atoms with E-state index in [2.05, 4.69) is 36.4 Å². The summed E-state index contributed by atoms with van der Waals surface area (Å²) in [6.07, 6.45) is 1.77. The molecule has 0 spiro atoms. The first-order valence-corrected chi connectivity index (χ1v) is 7.00. The largest absolute Gasteiger partial charge is 0.362 e. The molecule has 1 atom stereocenters. The zero-order chi connectivity index (χ0) is 14.4. The molecule has 2 aromatic rings. The van der Waals surface area contributed by atoms with E-state index >= 15 is 0 Å². The summed E-state index contributed by atoms with van der Waals surface area (Å²) in [5.41, 5.74) is 3.00. The Morgan fingerprint density at radius 1 is 1.38 bits per heavy atom. The molecule has 1 aromatic carbocycles. The third-order valence-corrected chi connectivity index (χ3v) is 4.16. The van der Waals surface area contributed by atoms with Crippen LogP contribution in [0.1, 0.15) is 17.4 Å². The number of amides is 1. The van der Waals surface area contributed by atoms with Crippen LogP contribution in [0.3, 0.4) is 0 Å². The van der Waals surface area contributed by atoms with Crippen LogP contribution in [0.2, 0.25) is 0 Å². The molecule has 1 amide bonds. The molecule has 2 aliphatic heterocycles. The minimum absolute atomic E-state index is 0.00281. The van der Waals surface area contributed by atoms with Gasteiger partial charge in [-0.1, -0.05) is 6.07 Å². The maximum atomic E-state index is 11.9. The van der Waals surface area contributed by atoms with E-state index in [0.29, 0.717) is 0 Å². The Bertz CT molecular complexity index is 709. The third kappa shape index (κ3) is 1.89. The van der Waals surface area contributed by atoms with Crippen molar-refractivity contribution >= 4 is 17.3 Å². The molecule has 0 aliphatic carbocycles. The van der Waals surface area contributed by atoms with Crippen molar-refractivity contribution in [3.63, 3.8) is 0 Å². The molecule has 0 saturated carbocycles. The Hall–Kier alpha value is -2.41. The Labute approximate surface area is 122 Å². The molecule has 0 saturated heterocycles. The highest BCUT2D eigenvalue weighted by Gasteiger charge is 2.29. The number of nitrogens with one attached hydrogen (secondary N) is 2. The first-order valence-electron chi connectivity index (χ1n) is 7.00. The van der Waals surface area contributed by atoms with Crippen LogP contribution in [0.15, 0.2) is 24.5 Å². The predicted octanol–water partition coefficient (Wildman–Crippen LogP) is 0.511. The lowest BCUT2D eigenvalue weighted by atomic mass is 10.1. The number of anilines is 2. The van der Waals surface area contributed by atoms with Crippen LogP contribution in [-0.2, 0) is 17.9 Å². The molecule has 108 valence electrons. The molecule has 7 heteroatoms. The highest BCUT2D eigenvalue weighted by Crippen LogP contribution is 2.34. The number of likely N-dealkylation sites (N-methyl/N-ethyl adjacent to an activating group) is 1. The molecular weight excluding hydrogens is 268 g/mol. The summed E-state index contributed by atoms with van der Waals surface area (Å²) in [6, 6.07) is 5.87. The molecule has 0 bridgehead atoms. The molecule has 0 radical (unpaired) electrons. The monoisotopic (exact) mass is 284 g/mol. The van der Waals surface area contributed by atoms with E-state index in [1.165, 1.54) is 0 Å². The number of aromatic nitrogens is 3. The van der Waals surface area contributed by atoms with Gasteiger partial charge in [-0.15, -0.1) is 10.2 Å².